The zero-order chi connectivity index (χ0) is 11.7. The van der Waals surface area contributed by atoms with Gasteiger partial charge in [-0.15, -0.1) is 0 Å². The fourth-order valence-corrected chi connectivity index (χ4v) is 2.21. The third kappa shape index (κ3) is 2.35. The van der Waals surface area contributed by atoms with E-state index in [0.29, 0.717) is 11.5 Å². The van der Waals surface area contributed by atoms with Crippen molar-refractivity contribution in [3.63, 3.8) is 0 Å². The topological polar surface area (TPSA) is 37.3 Å². The molecule has 86 valence electrons. The molecule has 1 aliphatic carbocycles. The Hall–Kier alpha value is -1.09. The van der Waals surface area contributed by atoms with Crippen LogP contribution in [0.3, 0.4) is 0 Å². The summed E-state index contributed by atoms with van der Waals surface area (Å²) >= 11 is 5.70. The van der Waals surface area contributed by atoms with Crippen molar-refractivity contribution in [3.05, 3.63) is 34.6 Å². The van der Waals surface area contributed by atoms with E-state index in [-0.39, 0.29) is 17.4 Å². The summed E-state index contributed by atoms with van der Waals surface area (Å²) in [7, 11) is 0. The number of carboxylic acid groups (broad SMARTS) is 1. The van der Waals surface area contributed by atoms with Crippen molar-refractivity contribution in [2.75, 3.05) is 0 Å². The predicted molar refractivity (Wildman–Crippen MR) is 59.1 cm³/mol. The Morgan fingerprint density at radius 3 is 2.81 bits per heavy atom. The zero-order valence-corrected chi connectivity index (χ0v) is 9.38. The molecule has 2 rings (SSSR count). The molecule has 1 aromatic carbocycles. The first kappa shape index (κ1) is 11.4. The fraction of sp³-hybridized carbons (Fsp3) is 0.417. The fourth-order valence-electron chi connectivity index (χ4n) is 2.02. The summed E-state index contributed by atoms with van der Waals surface area (Å²) in [4.78, 5) is 10.8. The molecule has 1 saturated carbocycles. The second-order valence-corrected chi connectivity index (χ2v) is 4.59. The third-order valence-corrected chi connectivity index (χ3v) is 3.26. The van der Waals surface area contributed by atoms with Crippen LogP contribution in [-0.2, 0) is 4.79 Å². The van der Waals surface area contributed by atoms with Crippen LogP contribution in [-0.4, -0.2) is 11.1 Å². The van der Waals surface area contributed by atoms with Gasteiger partial charge in [-0.25, -0.2) is 4.39 Å². The number of rotatable bonds is 4. The second-order valence-electron chi connectivity index (χ2n) is 4.18. The Bertz CT molecular complexity index is 415. The molecule has 0 amide bonds. The average molecular weight is 243 g/mol. The minimum absolute atomic E-state index is 0.0259. The predicted octanol–water partition coefficient (Wildman–Crippen LogP) is 3.45. The molecular formula is C12H12ClFO2. The number of hydrogen-bond donors (Lipinski definition) is 1. The molecule has 0 aliphatic heterocycles. The van der Waals surface area contributed by atoms with Crippen LogP contribution in [0.25, 0.3) is 0 Å². The van der Waals surface area contributed by atoms with Gasteiger partial charge in [0.2, 0.25) is 0 Å². The lowest BCUT2D eigenvalue weighted by Gasteiger charge is -2.15. The van der Waals surface area contributed by atoms with Crippen molar-refractivity contribution in [2.24, 2.45) is 5.92 Å². The van der Waals surface area contributed by atoms with E-state index in [1.807, 2.05) is 0 Å². The Morgan fingerprint density at radius 2 is 2.25 bits per heavy atom. The van der Waals surface area contributed by atoms with Crippen LogP contribution in [0.4, 0.5) is 4.39 Å². The summed E-state index contributed by atoms with van der Waals surface area (Å²) in [5.41, 5.74) is 0.442. The molecule has 0 bridgehead atoms. The molecule has 0 saturated heterocycles. The molecule has 16 heavy (non-hydrogen) atoms. The number of carbonyl (C=O) groups is 1. The third-order valence-electron chi connectivity index (χ3n) is 2.97. The molecule has 1 N–H and O–H groups in total. The first-order chi connectivity index (χ1) is 7.59. The summed E-state index contributed by atoms with van der Waals surface area (Å²) in [5.74, 6) is -1.31. The van der Waals surface area contributed by atoms with E-state index in [2.05, 4.69) is 0 Å². The van der Waals surface area contributed by atoms with E-state index >= 15 is 0 Å². The molecule has 0 heterocycles. The van der Waals surface area contributed by atoms with Gasteiger partial charge in [-0.1, -0.05) is 23.7 Å². The average Bonchev–Trinajstić information content (AvgIpc) is 3.02. The monoisotopic (exact) mass is 242 g/mol. The summed E-state index contributed by atoms with van der Waals surface area (Å²) in [6.07, 6.45) is 1.93. The van der Waals surface area contributed by atoms with Gasteiger partial charge in [0.15, 0.2) is 0 Å². The van der Waals surface area contributed by atoms with Gasteiger partial charge in [-0.2, -0.15) is 0 Å². The molecule has 1 atom stereocenters. The van der Waals surface area contributed by atoms with E-state index in [4.69, 9.17) is 16.7 Å². The quantitative estimate of drug-likeness (QED) is 0.878. The summed E-state index contributed by atoms with van der Waals surface area (Å²) in [6, 6.07) is 4.77. The maximum Gasteiger partial charge on any atom is 0.303 e. The van der Waals surface area contributed by atoms with Crippen LogP contribution >= 0.6 is 11.6 Å². The Balaban J connectivity index is 2.30. The van der Waals surface area contributed by atoms with Crippen LogP contribution in [0.5, 0.6) is 0 Å². The minimum atomic E-state index is -0.892. The van der Waals surface area contributed by atoms with Gasteiger partial charge >= 0.3 is 5.97 Å². The maximum absolute atomic E-state index is 13.8. The van der Waals surface area contributed by atoms with E-state index < -0.39 is 11.8 Å². The molecule has 1 aliphatic rings. The van der Waals surface area contributed by atoms with Gasteiger partial charge in [0.1, 0.15) is 5.82 Å². The van der Waals surface area contributed by atoms with E-state index in [0.717, 1.165) is 12.8 Å². The first-order valence-electron chi connectivity index (χ1n) is 5.25. The Kier molecular flexibility index (Phi) is 3.15. The highest BCUT2D eigenvalue weighted by Crippen LogP contribution is 2.45. The number of benzene rings is 1. The lowest BCUT2D eigenvalue weighted by molar-refractivity contribution is -0.137. The van der Waals surface area contributed by atoms with E-state index in [1.54, 1.807) is 12.1 Å². The lowest BCUT2D eigenvalue weighted by Crippen LogP contribution is -2.10. The van der Waals surface area contributed by atoms with Crippen LogP contribution in [0, 0.1) is 11.7 Å². The maximum atomic E-state index is 13.8. The van der Waals surface area contributed by atoms with Crippen LogP contribution in [0.1, 0.15) is 30.7 Å². The molecule has 0 spiro atoms. The SMILES string of the molecule is O=C(O)CC(c1cccc(Cl)c1F)C1CC1. The minimum Gasteiger partial charge on any atom is -0.481 e. The van der Waals surface area contributed by atoms with Gasteiger partial charge in [0, 0.05) is 5.92 Å². The Morgan fingerprint density at radius 1 is 1.56 bits per heavy atom. The van der Waals surface area contributed by atoms with Crippen molar-refractivity contribution >= 4 is 17.6 Å². The normalized spacial score (nSPS) is 17.1. The number of halogens is 2. The van der Waals surface area contributed by atoms with Crippen molar-refractivity contribution in [3.8, 4) is 0 Å². The first-order valence-corrected chi connectivity index (χ1v) is 5.63. The number of hydrogen-bond acceptors (Lipinski definition) is 1. The summed E-state index contributed by atoms with van der Waals surface area (Å²) < 4.78 is 13.8. The van der Waals surface area contributed by atoms with Gasteiger partial charge < -0.3 is 5.11 Å². The molecule has 0 aromatic heterocycles. The molecule has 1 aromatic rings. The van der Waals surface area contributed by atoms with Crippen molar-refractivity contribution < 1.29 is 14.3 Å². The van der Waals surface area contributed by atoms with Crippen LogP contribution < -0.4 is 0 Å². The van der Waals surface area contributed by atoms with E-state index in [1.165, 1.54) is 6.07 Å². The summed E-state index contributed by atoms with van der Waals surface area (Å²) in [5, 5.41) is 8.89. The molecule has 1 unspecified atom stereocenters. The van der Waals surface area contributed by atoms with Crippen LogP contribution in [0.2, 0.25) is 5.02 Å². The number of aliphatic carboxylic acids is 1. The standard InChI is InChI=1S/C12H12ClFO2/c13-10-3-1-2-8(12(10)14)9(6-11(15)16)7-4-5-7/h1-3,7,9H,4-6H2,(H,15,16). The molecule has 4 heteroatoms. The van der Waals surface area contributed by atoms with Crippen molar-refractivity contribution in [1.29, 1.82) is 0 Å². The van der Waals surface area contributed by atoms with Gasteiger partial charge in [0.05, 0.1) is 11.4 Å². The Labute approximate surface area is 98.0 Å². The lowest BCUT2D eigenvalue weighted by atomic mass is 9.90. The van der Waals surface area contributed by atoms with Gasteiger partial charge in [-0.3, -0.25) is 4.79 Å². The highest BCUT2D eigenvalue weighted by molar-refractivity contribution is 6.30. The van der Waals surface area contributed by atoms with Crippen molar-refractivity contribution in [2.45, 2.75) is 25.2 Å². The molecular weight excluding hydrogens is 231 g/mol. The summed E-state index contributed by atoms with van der Waals surface area (Å²) in [6.45, 7) is 0. The molecule has 0 radical (unpaired) electrons. The molecule has 2 nitrogen and oxygen atoms in total. The number of carboxylic acids is 1. The van der Waals surface area contributed by atoms with Gasteiger partial charge in [0.25, 0.3) is 0 Å². The van der Waals surface area contributed by atoms with E-state index in [9.17, 15) is 9.18 Å². The smallest absolute Gasteiger partial charge is 0.303 e. The second kappa shape index (κ2) is 4.42. The highest BCUT2D eigenvalue weighted by Gasteiger charge is 2.35. The van der Waals surface area contributed by atoms with Crippen LogP contribution in [0.15, 0.2) is 18.2 Å². The van der Waals surface area contributed by atoms with Crippen molar-refractivity contribution in [1.82, 2.24) is 0 Å². The largest absolute Gasteiger partial charge is 0.481 e. The zero-order valence-electron chi connectivity index (χ0n) is 8.62. The highest BCUT2D eigenvalue weighted by atomic mass is 35.5. The van der Waals surface area contributed by atoms with Gasteiger partial charge in [-0.05, 0) is 30.4 Å². The molecule has 1 fully saturated rings.